The molecule has 4 aromatic rings. The third kappa shape index (κ3) is 9.11. The summed E-state index contributed by atoms with van der Waals surface area (Å²) in [5.41, 5.74) is 7.52. The van der Waals surface area contributed by atoms with Crippen molar-refractivity contribution in [3.8, 4) is 5.75 Å². The second-order valence-electron chi connectivity index (χ2n) is 19.2. The summed E-state index contributed by atoms with van der Waals surface area (Å²) in [4.78, 5) is 79.0. The quantitative estimate of drug-likeness (QED) is 0.183. The van der Waals surface area contributed by atoms with Gasteiger partial charge in [-0.25, -0.2) is 9.97 Å². The first-order valence-electron chi connectivity index (χ1n) is 23.9. The minimum Gasteiger partial charge on any atom is -0.493 e. The monoisotopic (exact) mass is 886 g/mol. The Morgan fingerprint density at radius 3 is 1.88 bits per heavy atom. The summed E-state index contributed by atoms with van der Waals surface area (Å²) >= 11 is 0. The molecule has 16 heteroatoms. The maximum atomic E-state index is 13.6. The number of aromatic nitrogens is 4. The van der Waals surface area contributed by atoms with Gasteiger partial charge in [0.2, 0.25) is 0 Å². The number of aromatic amines is 2. The van der Waals surface area contributed by atoms with Crippen LogP contribution < -0.4 is 41.2 Å². The van der Waals surface area contributed by atoms with Gasteiger partial charge in [-0.1, -0.05) is 0 Å². The van der Waals surface area contributed by atoms with Gasteiger partial charge in [0.25, 0.3) is 22.9 Å². The van der Waals surface area contributed by atoms with Gasteiger partial charge in [-0.2, -0.15) is 0 Å². The highest BCUT2D eigenvalue weighted by Crippen LogP contribution is 2.40. The summed E-state index contributed by atoms with van der Waals surface area (Å²) in [5, 5.41) is 5.73. The molecule has 2 amide bonds. The van der Waals surface area contributed by atoms with Crippen LogP contribution in [0.3, 0.4) is 0 Å². The molecule has 344 valence electrons. The number of anilines is 3. The van der Waals surface area contributed by atoms with Crippen LogP contribution in [0.25, 0.3) is 0 Å². The molecule has 0 radical (unpaired) electrons. The summed E-state index contributed by atoms with van der Waals surface area (Å²) in [5.74, 6) is 1.16. The fourth-order valence-corrected chi connectivity index (χ4v) is 11.6. The molecule has 4 aliphatic heterocycles. The number of hydrogen-bond acceptors (Lipinski definition) is 12. The van der Waals surface area contributed by atoms with Gasteiger partial charge in [-0.05, 0) is 94.0 Å². The van der Waals surface area contributed by atoms with Crippen molar-refractivity contribution in [2.24, 2.45) is 5.92 Å². The first-order chi connectivity index (χ1) is 31.7. The van der Waals surface area contributed by atoms with E-state index in [4.69, 9.17) is 4.74 Å². The van der Waals surface area contributed by atoms with Crippen LogP contribution >= 0.6 is 0 Å². The van der Waals surface area contributed by atoms with Gasteiger partial charge in [-0.15, -0.1) is 0 Å². The number of carbonyl (C=O) groups excluding carboxylic acids is 2. The maximum absolute atomic E-state index is 13.6. The third-order valence-electron chi connectivity index (χ3n) is 15.3. The minimum absolute atomic E-state index is 0.0160. The molecule has 16 nitrogen and oxygen atoms in total. The predicted molar refractivity (Wildman–Crippen MR) is 251 cm³/mol. The Labute approximate surface area is 380 Å². The lowest BCUT2D eigenvalue weighted by Gasteiger charge is -2.39. The molecule has 6 aliphatic rings. The van der Waals surface area contributed by atoms with Gasteiger partial charge in [0.05, 0.1) is 35.9 Å². The molecule has 2 saturated heterocycles. The summed E-state index contributed by atoms with van der Waals surface area (Å²) in [7, 11) is 3.66. The number of rotatable bonds is 10. The predicted octanol–water partition coefficient (Wildman–Crippen LogP) is 3.49. The van der Waals surface area contributed by atoms with E-state index in [2.05, 4.69) is 67.2 Å². The molecule has 4 fully saturated rings. The van der Waals surface area contributed by atoms with E-state index in [-0.39, 0.29) is 28.9 Å². The van der Waals surface area contributed by atoms with Crippen molar-refractivity contribution in [1.29, 1.82) is 0 Å². The van der Waals surface area contributed by atoms with Crippen LogP contribution in [0.1, 0.15) is 100 Å². The van der Waals surface area contributed by atoms with E-state index >= 15 is 0 Å². The van der Waals surface area contributed by atoms with Crippen molar-refractivity contribution in [3.05, 3.63) is 103 Å². The maximum Gasteiger partial charge on any atom is 0.269 e. The molecule has 0 bridgehead atoms. The number of ether oxygens (including phenoxy) is 1. The molecule has 4 N–H and O–H groups in total. The fraction of sp³-hybridized carbons (Fsp3) is 0.551. The lowest BCUT2D eigenvalue weighted by atomic mass is 9.92. The molecule has 10 rings (SSSR count). The van der Waals surface area contributed by atoms with Gasteiger partial charge in [0, 0.05) is 132 Å². The molecule has 2 saturated carbocycles. The van der Waals surface area contributed by atoms with Crippen molar-refractivity contribution in [2.75, 3.05) is 101 Å². The number of nitrogens with zero attached hydrogens (tertiary/aromatic N) is 7. The summed E-state index contributed by atoms with van der Waals surface area (Å²) in [6.07, 6.45) is 12.3. The first-order valence-corrected chi connectivity index (χ1v) is 23.9. The number of carbonyl (C=O) groups is 2. The van der Waals surface area contributed by atoms with Crippen molar-refractivity contribution >= 4 is 28.9 Å². The standard InChI is InChI=1S/C49H63N11O5/c1-50-48(63)40-11-9-36(28-51-40)59-17-13-57(14-18-59)34-7-5-32(23-34)42-25-44-39(47(62)54-42)22-31(30-56(44)2)27-53-49(64)41-12-10-37(29-52-41)60-19-15-58(16-20-60)35-8-6-33(24-35)43-26-45-38(46(61)55-43)4-3-21-65-45/h9-12,25-26,28-29,31-35H,3-8,13-24,27,30H2,1-2H3,(H,50,63)(H,53,64)(H,54,62)(H,55,61)/t31?,32?,33-,34?,35?/m1/s1. The summed E-state index contributed by atoms with van der Waals surface area (Å²) in [6.45, 7) is 9.38. The van der Waals surface area contributed by atoms with Crippen LogP contribution in [0.15, 0.2) is 58.4 Å². The normalized spacial score (nSPS) is 24.9. The average molecular weight is 886 g/mol. The highest BCUT2D eigenvalue weighted by molar-refractivity contribution is 5.92. The Kier molecular flexibility index (Phi) is 12.4. The van der Waals surface area contributed by atoms with Gasteiger partial charge in [-0.3, -0.25) is 29.0 Å². The Morgan fingerprint density at radius 2 is 1.31 bits per heavy atom. The topological polar surface area (TPSA) is 175 Å². The molecule has 2 aliphatic carbocycles. The molecular weight excluding hydrogens is 823 g/mol. The van der Waals surface area contributed by atoms with Gasteiger partial charge in [0.1, 0.15) is 17.1 Å². The number of nitrogens with one attached hydrogen (secondary N) is 4. The minimum atomic E-state index is -0.201. The molecule has 8 heterocycles. The molecule has 5 atom stereocenters. The van der Waals surface area contributed by atoms with E-state index in [9.17, 15) is 19.2 Å². The van der Waals surface area contributed by atoms with Crippen molar-refractivity contribution in [2.45, 2.75) is 81.7 Å². The van der Waals surface area contributed by atoms with Crippen LogP contribution in [0, 0.1) is 5.92 Å². The van der Waals surface area contributed by atoms with Gasteiger partial charge >= 0.3 is 0 Å². The number of fused-ring (bicyclic) bond motifs is 2. The fourth-order valence-electron chi connectivity index (χ4n) is 11.6. The largest absolute Gasteiger partial charge is 0.493 e. The molecular formula is C49H63N11O5. The van der Waals surface area contributed by atoms with Gasteiger partial charge < -0.3 is 40.0 Å². The summed E-state index contributed by atoms with van der Waals surface area (Å²) < 4.78 is 5.84. The number of hydrogen-bond donors (Lipinski definition) is 4. The van der Waals surface area contributed by atoms with E-state index < -0.39 is 0 Å². The lowest BCUT2D eigenvalue weighted by Crippen LogP contribution is -2.49. The smallest absolute Gasteiger partial charge is 0.269 e. The molecule has 0 aromatic carbocycles. The first kappa shape index (κ1) is 43.2. The zero-order valence-corrected chi connectivity index (χ0v) is 37.8. The second kappa shape index (κ2) is 18.6. The van der Waals surface area contributed by atoms with E-state index in [1.165, 1.54) is 0 Å². The van der Waals surface area contributed by atoms with Gasteiger partial charge in [0.15, 0.2) is 0 Å². The molecule has 4 aromatic heterocycles. The Balaban J connectivity index is 0.671. The van der Waals surface area contributed by atoms with Crippen molar-refractivity contribution in [3.63, 3.8) is 0 Å². The Hall–Kier alpha value is -5.74. The number of amides is 2. The second-order valence-corrected chi connectivity index (χ2v) is 19.2. The Bertz CT molecular complexity index is 2480. The number of pyridine rings is 4. The zero-order chi connectivity index (χ0) is 44.6. The van der Waals surface area contributed by atoms with Crippen molar-refractivity contribution < 1.29 is 14.3 Å². The Morgan fingerprint density at radius 1 is 0.738 bits per heavy atom. The van der Waals surface area contributed by atoms with E-state index in [0.717, 1.165) is 156 Å². The SMILES string of the molecule is CNC(=O)c1ccc(N2CCN(C3CCC(c4cc5c(c(=O)[nH]4)CC(CNC(=O)c4ccc(N6CCN(C7CC[C@@H](c8cc9c(c(=O)[nH]8)CCCO9)C7)CC6)cn4)CN5C)C3)CC2)cn1. The molecule has 65 heavy (non-hydrogen) atoms. The highest BCUT2D eigenvalue weighted by atomic mass is 16.5. The molecule has 0 spiro atoms. The van der Waals surface area contributed by atoms with E-state index in [1.54, 1.807) is 19.3 Å². The average Bonchev–Trinajstić information content (AvgIpc) is 4.06. The van der Waals surface area contributed by atoms with Crippen molar-refractivity contribution in [1.82, 2.24) is 40.4 Å². The zero-order valence-electron chi connectivity index (χ0n) is 37.8. The highest BCUT2D eigenvalue weighted by Gasteiger charge is 2.36. The van der Waals surface area contributed by atoms with Crippen LogP contribution in [-0.2, 0) is 12.8 Å². The van der Waals surface area contributed by atoms with Crippen LogP contribution in [0.5, 0.6) is 5.75 Å². The van der Waals surface area contributed by atoms with E-state index in [0.29, 0.717) is 54.9 Å². The number of piperazine rings is 2. The number of H-pyrrole nitrogens is 2. The molecule has 4 unspecified atom stereocenters. The lowest BCUT2D eigenvalue weighted by molar-refractivity contribution is 0.0939. The van der Waals surface area contributed by atoms with Crippen LogP contribution in [0.2, 0.25) is 0 Å². The van der Waals surface area contributed by atoms with Crippen LogP contribution in [0.4, 0.5) is 17.1 Å². The van der Waals surface area contributed by atoms with E-state index in [1.807, 2.05) is 31.4 Å². The van der Waals surface area contributed by atoms with Crippen LogP contribution in [-0.4, -0.2) is 140 Å². The third-order valence-corrected chi connectivity index (χ3v) is 15.3. The summed E-state index contributed by atoms with van der Waals surface area (Å²) in [6, 6.07) is 12.8.